The maximum Gasteiger partial charge on any atom is 0.305 e. The van der Waals surface area contributed by atoms with Crippen LogP contribution in [0.4, 0.5) is 0 Å². The van der Waals surface area contributed by atoms with Gasteiger partial charge in [0.2, 0.25) is 0 Å². The molecule has 2 heteroatoms. The Balaban J connectivity index is 3.22. The summed E-state index contributed by atoms with van der Waals surface area (Å²) >= 11 is 0. The van der Waals surface area contributed by atoms with Gasteiger partial charge >= 0.3 is 5.97 Å². The Morgan fingerprint density at radius 3 is 2.35 bits per heavy atom. The van der Waals surface area contributed by atoms with Crippen molar-refractivity contribution in [2.45, 2.75) is 64.7 Å². The number of allylic oxidation sites excluding steroid dienone is 5. The molecule has 114 valence electrons. The van der Waals surface area contributed by atoms with E-state index in [0.29, 0.717) is 13.0 Å². The van der Waals surface area contributed by atoms with E-state index < -0.39 is 0 Å². The average molecular weight is 278 g/mol. The van der Waals surface area contributed by atoms with Crippen LogP contribution in [0.2, 0.25) is 0 Å². The van der Waals surface area contributed by atoms with Crippen LogP contribution in [0.25, 0.3) is 0 Å². The molecule has 0 rings (SSSR count). The summed E-state index contributed by atoms with van der Waals surface area (Å²) in [5.74, 6) is -0.0556. The largest absolute Gasteiger partial charge is 0.466 e. The molecule has 0 aromatic carbocycles. The number of esters is 1. The van der Waals surface area contributed by atoms with Crippen LogP contribution in [0, 0.1) is 0 Å². The predicted octanol–water partition coefficient (Wildman–Crippen LogP) is 5.36. The molecular weight excluding hydrogens is 248 g/mol. The topological polar surface area (TPSA) is 26.3 Å². The molecular formula is C18H30O2. The van der Waals surface area contributed by atoms with E-state index >= 15 is 0 Å². The number of carbonyl (C=O) groups excluding carboxylic acids is 1. The minimum Gasteiger partial charge on any atom is -0.466 e. The number of ether oxygens (including phenoxy) is 1. The van der Waals surface area contributed by atoms with Gasteiger partial charge in [0.1, 0.15) is 0 Å². The van der Waals surface area contributed by atoms with Crippen molar-refractivity contribution in [3.05, 3.63) is 37.0 Å². The highest BCUT2D eigenvalue weighted by Gasteiger charge is 2.00. The van der Waals surface area contributed by atoms with E-state index in [4.69, 9.17) is 4.74 Å². The summed E-state index contributed by atoms with van der Waals surface area (Å²) in [5.41, 5.74) is 0. The van der Waals surface area contributed by atoms with Gasteiger partial charge in [-0.3, -0.25) is 4.79 Å². The van der Waals surface area contributed by atoms with Crippen LogP contribution in [-0.4, -0.2) is 12.6 Å². The predicted molar refractivity (Wildman–Crippen MR) is 86.7 cm³/mol. The van der Waals surface area contributed by atoms with Crippen LogP contribution in [0.3, 0.4) is 0 Å². The van der Waals surface area contributed by atoms with Gasteiger partial charge in [-0.25, -0.2) is 0 Å². The average Bonchev–Trinajstić information content (AvgIpc) is 2.44. The molecule has 0 saturated carbocycles. The van der Waals surface area contributed by atoms with Gasteiger partial charge in [-0.1, -0.05) is 49.6 Å². The lowest BCUT2D eigenvalue weighted by atomic mass is 10.1. The number of carbonyl (C=O) groups is 1. The van der Waals surface area contributed by atoms with E-state index in [2.05, 4.69) is 30.9 Å². The molecule has 0 heterocycles. The second kappa shape index (κ2) is 15.7. The highest BCUT2D eigenvalue weighted by molar-refractivity contribution is 5.69. The van der Waals surface area contributed by atoms with Crippen molar-refractivity contribution in [2.75, 3.05) is 6.61 Å². The summed E-state index contributed by atoms with van der Waals surface area (Å²) in [6.45, 7) is 6.02. The first-order valence-corrected chi connectivity index (χ1v) is 7.87. The fraction of sp³-hybridized carbons (Fsp3) is 0.611. The zero-order valence-corrected chi connectivity index (χ0v) is 13.0. The Hall–Kier alpha value is -1.31. The van der Waals surface area contributed by atoms with Crippen LogP contribution < -0.4 is 0 Å². The molecule has 0 amide bonds. The van der Waals surface area contributed by atoms with Gasteiger partial charge in [-0.05, 0) is 39.0 Å². The fourth-order valence-corrected chi connectivity index (χ4v) is 1.88. The molecule has 0 aromatic heterocycles. The summed E-state index contributed by atoms with van der Waals surface area (Å²) in [5, 5.41) is 0. The minimum atomic E-state index is -0.0556. The van der Waals surface area contributed by atoms with Crippen molar-refractivity contribution in [1.29, 1.82) is 0 Å². The third kappa shape index (κ3) is 14.7. The molecule has 0 atom stereocenters. The SMILES string of the molecule is C=CC/C=C/C/C=C/CCCCCCCC(=O)OCC. The van der Waals surface area contributed by atoms with Gasteiger partial charge in [0.05, 0.1) is 6.61 Å². The van der Waals surface area contributed by atoms with Crippen LogP contribution in [0.5, 0.6) is 0 Å². The molecule has 0 aromatic rings. The number of hydrogen-bond acceptors (Lipinski definition) is 2. The molecule has 0 fully saturated rings. The van der Waals surface area contributed by atoms with Crippen molar-refractivity contribution >= 4 is 5.97 Å². The standard InChI is InChI=1S/C18H30O2/c1-3-5-6-7-8-9-10-11-12-13-14-15-16-17-18(19)20-4-2/h3,6-7,9-10H,1,4-5,8,11-17H2,2H3/b7-6+,10-9+. The molecule has 0 bridgehead atoms. The highest BCUT2D eigenvalue weighted by Crippen LogP contribution is 2.08. The summed E-state index contributed by atoms with van der Waals surface area (Å²) < 4.78 is 4.89. The van der Waals surface area contributed by atoms with Gasteiger partial charge in [0.25, 0.3) is 0 Å². The van der Waals surface area contributed by atoms with E-state index in [1.165, 1.54) is 19.3 Å². The lowest BCUT2D eigenvalue weighted by Gasteiger charge is -2.01. The molecule has 0 radical (unpaired) electrons. The van der Waals surface area contributed by atoms with E-state index in [9.17, 15) is 4.79 Å². The number of unbranched alkanes of at least 4 members (excludes halogenated alkanes) is 5. The smallest absolute Gasteiger partial charge is 0.305 e. The van der Waals surface area contributed by atoms with Gasteiger partial charge in [0, 0.05) is 6.42 Å². The fourth-order valence-electron chi connectivity index (χ4n) is 1.88. The van der Waals surface area contributed by atoms with Crippen molar-refractivity contribution < 1.29 is 9.53 Å². The van der Waals surface area contributed by atoms with Crippen LogP contribution in [-0.2, 0) is 9.53 Å². The third-order valence-electron chi connectivity index (χ3n) is 2.97. The van der Waals surface area contributed by atoms with E-state index in [-0.39, 0.29) is 5.97 Å². The summed E-state index contributed by atoms with van der Waals surface area (Å²) in [4.78, 5) is 11.1. The lowest BCUT2D eigenvalue weighted by molar-refractivity contribution is -0.143. The Bertz CT molecular complexity index is 290. The maximum atomic E-state index is 11.1. The molecule has 0 aliphatic carbocycles. The summed E-state index contributed by atoms with van der Waals surface area (Å²) in [6.07, 6.45) is 20.2. The van der Waals surface area contributed by atoms with Crippen molar-refractivity contribution in [1.82, 2.24) is 0 Å². The van der Waals surface area contributed by atoms with E-state index in [0.717, 1.165) is 32.1 Å². The van der Waals surface area contributed by atoms with E-state index in [1.54, 1.807) is 0 Å². The number of rotatable bonds is 13. The van der Waals surface area contributed by atoms with Crippen molar-refractivity contribution in [3.63, 3.8) is 0 Å². The second-order valence-corrected chi connectivity index (χ2v) is 4.81. The van der Waals surface area contributed by atoms with Crippen LogP contribution in [0.15, 0.2) is 37.0 Å². The zero-order chi connectivity index (χ0) is 14.9. The van der Waals surface area contributed by atoms with Crippen molar-refractivity contribution in [3.8, 4) is 0 Å². The molecule has 2 nitrogen and oxygen atoms in total. The molecule has 0 aliphatic rings. The first kappa shape index (κ1) is 18.7. The van der Waals surface area contributed by atoms with Gasteiger partial charge in [0.15, 0.2) is 0 Å². The van der Waals surface area contributed by atoms with E-state index in [1.807, 2.05) is 13.0 Å². The first-order valence-electron chi connectivity index (χ1n) is 7.87. The third-order valence-corrected chi connectivity index (χ3v) is 2.97. The summed E-state index contributed by atoms with van der Waals surface area (Å²) in [6, 6.07) is 0. The summed E-state index contributed by atoms with van der Waals surface area (Å²) in [7, 11) is 0. The first-order chi connectivity index (χ1) is 9.81. The van der Waals surface area contributed by atoms with Gasteiger partial charge in [-0.2, -0.15) is 0 Å². The molecule has 0 N–H and O–H groups in total. The monoisotopic (exact) mass is 278 g/mol. The Labute approximate surface area is 124 Å². The van der Waals surface area contributed by atoms with Gasteiger partial charge < -0.3 is 4.74 Å². The number of hydrogen-bond donors (Lipinski definition) is 0. The Morgan fingerprint density at radius 1 is 0.950 bits per heavy atom. The highest BCUT2D eigenvalue weighted by atomic mass is 16.5. The van der Waals surface area contributed by atoms with Crippen LogP contribution >= 0.6 is 0 Å². The Morgan fingerprint density at radius 2 is 1.60 bits per heavy atom. The van der Waals surface area contributed by atoms with Gasteiger partial charge in [-0.15, -0.1) is 6.58 Å². The Kier molecular flexibility index (Phi) is 14.7. The molecule has 0 saturated heterocycles. The van der Waals surface area contributed by atoms with Crippen molar-refractivity contribution in [2.24, 2.45) is 0 Å². The zero-order valence-electron chi connectivity index (χ0n) is 13.0. The molecule has 20 heavy (non-hydrogen) atoms. The molecule has 0 unspecified atom stereocenters. The quantitative estimate of drug-likeness (QED) is 0.257. The minimum absolute atomic E-state index is 0.0556. The normalized spacial score (nSPS) is 11.2. The molecule has 0 aliphatic heterocycles. The lowest BCUT2D eigenvalue weighted by Crippen LogP contribution is -2.03. The molecule has 0 spiro atoms. The van der Waals surface area contributed by atoms with Crippen LogP contribution in [0.1, 0.15) is 64.7 Å². The maximum absolute atomic E-state index is 11.1. The second-order valence-electron chi connectivity index (χ2n) is 4.81.